The van der Waals surface area contributed by atoms with Gasteiger partial charge in [-0.3, -0.25) is 19.9 Å². The molecule has 150 valence electrons. The predicted octanol–water partition coefficient (Wildman–Crippen LogP) is 3.15. The number of rotatable bonds is 6. The monoisotopic (exact) mass is 507 g/mol. The smallest absolute Gasteiger partial charge is 0.335 e. The Hall–Kier alpha value is -2.95. The zero-order valence-corrected chi connectivity index (χ0v) is 17.9. The van der Waals surface area contributed by atoms with Gasteiger partial charge in [-0.15, -0.1) is 0 Å². The number of benzene rings is 1. The molecule has 2 heterocycles. The highest BCUT2D eigenvalue weighted by Gasteiger charge is 2.36. The molecule has 29 heavy (non-hydrogen) atoms. The summed E-state index contributed by atoms with van der Waals surface area (Å²) in [6.45, 7) is 4.63. The van der Waals surface area contributed by atoms with E-state index in [2.05, 4.69) is 32.9 Å². The molecule has 0 aliphatic carbocycles. The molecule has 0 radical (unpaired) electrons. The lowest BCUT2D eigenvalue weighted by Gasteiger charge is -2.26. The van der Waals surface area contributed by atoms with E-state index in [4.69, 9.17) is 9.47 Å². The minimum Gasteiger partial charge on any atom is -0.490 e. The number of amides is 4. The van der Waals surface area contributed by atoms with Gasteiger partial charge < -0.3 is 9.47 Å². The second kappa shape index (κ2) is 9.03. The summed E-state index contributed by atoms with van der Waals surface area (Å²) in [5.41, 5.74) is 0.727. The van der Waals surface area contributed by atoms with Crippen molar-refractivity contribution in [2.24, 2.45) is 0 Å². The summed E-state index contributed by atoms with van der Waals surface area (Å²) in [6, 6.07) is 5.68. The molecular weight excluding hydrogens is 489 g/mol. The topological polar surface area (TPSA) is 97.8 Å². The van der Waals surface area contributed by atoms with Crippen molar-refractivity contribution >= 4 is 52.2 Å². The second-order valence-electron chi connectivity index (χ2n) is 5.86. The minimum absolute atomic E-state index is 0.163. The van der Waals surface area contributed by atoms with Crippen LogP contribution in [0.25, 0.3) is 6.08 Å². The molecule has 0 bridgehead atoms. The molecule has 3 rings (SSSR count). The highest BCUT2D eigenvalue weighted by molar-refractivity contribution is 14.1. The molecule has 9 heteroatoms. The summed E-state index contributed by atoms with van der Waals surface area (Å²) in [7, 11) is 0. The molecule has 8 nitrogen and oxygen atoms in total. The zero-order chi connectivity index (χ0) is 21.0. The summed E-state index contributed by atoms with van der Waals surface area (Å²) >= 11 is 2.10. The number of halogens is 1. The Morgan fingerprint density at radius 2 is 1.79 bits per heavy atom. The SMILES string of the molecule is CCOc1cc(/C=C2\C(=O)NC(=O)N(c3ccncc3)C2=O)cc(I)c1OCC. The maximum Gasteiger partial charge on any atom is 0.335 e. The molecule has 0 spiro atoms. The fraction of sp³-hybridized carbons (Fsp3) is 0.200. The van der Waals surface area contributed by atoms with E-state index in [-0.39, 0.29) is 5.57 Å². The van der Waals surface area contributed by atoms with Crippen LogP contribution in [0.15, 0.2) is 42.2 Å². The third-order valence-electron chi connectivity index (χ3n) is 3.95. The van der Waals surface area contributed by atoms with Gasteiger partial charge in [-0.2, -0.15) is 0 Å². The molecule has 0 atom stereocenters. The molecule has 1 N–H and O–H groups in total. The van der Waals surface area contributed by atoms with E-state index >= 15 is 0 Å². The zero-order valence-electron chi connectivity index (χ0n) is 15.8. The van der Waals surface area contributed by atoms with E-state index in [1.165, 1.54) is 30.6 Å². The van der Waals surface area contributed by atoms with Gasteiger partial charge in [-0.25, -0.2) is 9.69 Å². The van der Waals surface area contributed by atoms with Crippen LogP contribution in [-0.4, -0.2) is 36.0 Å². The first-order valence-electron chi connectivity index (χ1n) is 8.86. The Balaban J connectivity index is 2.03. The van der Waals surface area contributed by atoms with Gasteiger partial charge >= 0.3 is 6.03 Å². The molecule has 4 amide bonds. The van der Waals surface area contributed by atoms with E-state index in [0.29, 0.717) is 36.0 Å². The number of urea groups is 1. The predicted molar refractivity (Wildman–Crippen MR) is 115 cm³/mol. The molecule has 1 aliphatic heterocycles. The van der Waals surface area contributed by atoms with Gasteiger partial charge in [-0.1, -0.05) is 0 Å². The third-order valence-corrected chi connectivity index (χ3v) is 4.76. The number of hydrogen-bond acceptors (Lipinski definition) is 6. The fourth-order valence-electron chi connectivity index (χ4n) is 2.77. The van der Waals surface area contributed by atoms with Crippen LogP contribution in [0.2, 0.25) is 0 Å². The van der Waals surface area contributed by atoms with E-state index in [1.54, 1.807) is 12.1 Å². The molecule has 1 aromatic carbocycles. The summed E-state index contributed by atoms with van der Waals surface area (Å²) in [4.78, 5) is 42.2. The number of anilines is 1. The summed E-state index contributed by atoms with van der Waals surface area (Å²) in [6.07, 6.45) is 4.34. The molecule has 1 aromatic heterocycles. The number of ether oxygens (including phenoxy) is 2. The normalized spacial score (nSPS) is 15.5. The quantitative estimate of drug-likeness (QED) is 0.367. The van der Waals surface area contributed by atoms with Crippen molar-refractivity contribution in [3.8, 4) is 11.5 Å². The summed E-state index contributed by atoms with van der Waals surface area (Å²) in [5, 5.41) is 2.20. The van der Waals surface area contributed by atoms with E-state index < -0.39 is 17.8 Å². The van der Waals surface area contributed by atoms with Crippen LogP contribution < -0.4 is 19.7 Å². The van der Waals surface area contributed by atoms with Crippen LogP contribution >= 0.6 is 22.6 Å². The second-order valence-corrected chi connectivity index (χ2v) is 7.02. The van der Waals surface area contributed by atoms with Gasteiger partial charge in [0.2, 0.25) is 0 Å². The van der Waals surface area contributed by atoms with E-state index in [1.807, 2.05) is 13.8 Å². The number of aromatic nitrogens is 1. The van der Waals surface area contributed by atoms with E-state index in [9.17, 15) is 14.4 Å². The Morgan fingerprint density at radius 1 is 1.10 bits per heavy atom. The summed E-state index contributed by atoms with van der Waals surface area (Å²) < 4.78 is 12.1. The van der Waals surface area contributed by atoms with Crippen molar-refractivity contribution in [3.63, 3.8) is 0 Å². The van der Waals surface area contributed by atoms with Crippen molar-refractivity contribution in [2.75, 3.05) is 18.1 Å². The molecule has 1 saturated heterocycles. The van der Waals surface area contributed by atoms with Crippen molar-refractivity contribution in [2.45, 2.75) is 13.8 Å². The van der Waals surface area contributed by atoms with Crippen LogP contribution in [0.5, 0.6) is 11.5 Å². The molecular formula is C20H18IN3O5. The average molecular weight is 507 g/mol. The number of imide groups is 2. The van der Waals surface area contributed by atoms with Crippen LogP contribution in [-0.2, 0) is 9.59 Å². The van der Waals surface area contributed by atoms with Gasteiger partial charge in [0, 0.05) is 12.4 Å². The van der Waals surface area contributed by atoms with Gasteiger partial charge in [0.05, 0.1) is 22.5 Å². The first-order valence-corrected chi connectivity index (χ1v) is 9.94. The minimum atomic E-state index is -0.806. The number of pyridine rings is 1. The lowest BCUT2D eigenvalue weighted by molar-refractivity contribution is -0.122. The first kappa shape index (κ1) is 20.8. The number of nitrogens with one attached hydrogen (secondary N) is 1. The molecule has 0 saturated carbocycles. The van der Waals surface area contributed by atoms with Gasteiger partial charge in [0.15, 0.2) is 11.5 Å². The fourth-order valence-corrected chi connectivity index (χ4v) is 3.55. The largest absolute Gasteiger partial charge is 0.490 e. The average Bonchev–Trinajstić information content (AvgIpc) is 2.69. The van der Waals surface area contributed by atoms with Crippen LogP contribution in [0, 0.1) is 3.57 Å². The van der Waals surface area contributed by atoms with Crippen LogP contribution in [0.4, 0.5) is 10.5 Å². The van der Waals surface area contributed by atoms with Gasteiger partial charge in [0.1, 0.15) is 5.57 Å². The number of carbonyl (C=O) groups is 3. The number of hydrogen-bond donors (Lipinski definition) is 1. The van der Waals surface area contributed by atoms with E-state index in [0.717, 1.165) is 8.47 Å². The molecule has 2 aromatic rings. The Labute approximate surface area is 181 Å². The molecule has 1 fully saturated rings. The standard InChI is InChI=1S/C20H18IN3O5/c1-3-28-16-11-12(10-15(21)17(16)29-4-2)9-14-18(25)23-20(27)24(19(14)26)13-5-7-22-8-6-13/h5-11H,3-4H2,1-2H3,(H,23,25,27)/b14-9+. The maximum atomic E-state index is 12.9. The number of barbiturate groups is 1. The highest BCUT2D eigenvalue weighted by atomic mass is 127. The third kappa shape index (κ3) is 4.39. The van der Waals surface area contributed by atoms with Gasteiger partial charge in [0.25, 0.3) is 11.8 Å². The Kier molecular flexibility index (Phi) is 6.47. The van der Waals surface area contributed by atoms with Crippen LogP contribution in [0.3, 0.4) is 0 Å². The number of nitrogens with zero attached hydrogens (tertiary/aromatic N) is 2. The molecule has 0 unspecified atom stereocenters. The van der Waals surface area contributed by atoms with Crippen molar-refractivity contribution < 1.29 is 23.9 Å². The maximum absolute atomic E-state index is 12.9. The lowest BCUT2D eigenvalue weighted by Crippen LogP contribution is -2.54. The first-order chi connectivity index (χ1) is 14.0. The van der Waals surface area contributed by atoms with Crippen molar-refractivity contribution in [1.82, 2.24) is 10.3 Å². The molecule has 1 aliphatic rings. The Morgan fingerprint density at radius 3 is 2.45 bits per heavy atom. The highest BCUT2D eigenvalue weighted by Crippen LogP contribution is 2.35. The summed E-state index contributed by atoms with van der Waals surface area (Å²) in [5.74, 6) is -0.358. The number of carbonyl (C=O) groups excluding carboxylic acids is 3. The van der Waals surface area contributed by atoms with Crippen LogP contribution in [0.1, 0.15) is 19.4 Å². The lowest BCUT2D eigenvalue weighted by atomic mass is 10.1. The van der Waals surface area contributed by atoms with Gasteiger partial charge in [-0.05, 0) is 72.3 Å². The Bertz CT molecular complexity index is 991. The van der Waals surface area contributed by atoms with Crippen molar-refractivity contribution in [3.05, 3.63) is 51.4 Å². The van der Waals surface area contributed by atoms with Crippen molar-refractivity contribution in [1.29, 1.82) is 0 Å².